The molecule has 2 heteroatoms. The van der Waals surface area contributed by atoms with Crippen LogP contribution < -0.4 is 0 Å². The highest BCUT2D eigenvalue weighted by Gasteiger charge is 2.08. The summed E-state index contributed by atoms with van der Waals surface area (Å²) in [5, 5.41) is 0. The SMILES string of the molecule is C=C(CCCCCC(=O)N(CC)CC)c1ccccc1. The molecule has 0 spiro atoms. The maximum Gasteiger partial charge on any atom is 0.222 e. The van der Waals surface area contributed by atoms with E-state index >= 15 is 0 Å². The molecule has 0 heterocycles. The quantitative estimate of drug-likeness (QED) is 0.606. The van der Waals surface area contributed by atoms with Crippen molar-refractivity contribution in [2.75, 3.05) is 13.1 Å². The molecule has 0 fully saturated rings. The number of nitrogens with zero attached hydrogens (tertiary/aromatic N) is 1. The Hall–Kier alpha value is -1.57. The molecule has 2 nitrogen and oxygen atoms in total. The van der Waals surface area contributed by atoms with Crippen LogP contribution in [0.5, 0.6) is 0 Å². The molecule has 1 rings (SSSR count). The van der Waals surface area contributed by atoms with Gasteiger partial charge in [0.25, 0.3) is 0 Å². The lowest BCUT2D eigenvalue weighted by atomic mass is 10.0. The van der Waals surface area contributed by atoms with Crippen molar-refractivity contribution in [2.24, 2.45) is 0 Å². The van der Waals surface area contributed by atoms with Gasteiger partial charge in [-0.1, -0.05) is 43.3 Å². The molecule has 0 aliphatic heterocycles. The van der Waals surface area contributed by atoms with E-state index in [4.69, 9.17) is 0 Å². The van der Waals surface area contributed by atoms with Crippen LogP contribution in [-0.4, -0.2) is 23.9 Å². The molecule has 0 radical (unpaired) electrons. The number of rotatable bonds is 9. The molecule has 1 aromatic rings. The number of carbonyl (C=O) groups is 1. The molecule has 0 aliphatic rings. The lowest BCUT2D eigenvalue weighted by Gasteiger charge is -2.18. The molecular weight excluding hydrogens is 246 g/mol. The van der Waals surface area contributed by atoms with Gasteiger partial charge in [-0.25, -0.2) is 0 Å². The number of unbranched alkanes of at least 4 members (excludes halogenated alkanes) is 2. The molecule has 0 unspecified atom stereocenters. The predicted octanol–water partition coefficient (Wildman–Crippen LogP) is 4.52. The Morgan fingerprint density at radius 3 is 2.20 bits per heavy atom. The van der Waals surface area contributed by atoms with Gasteiger partial charge in [-0.15, -0.1) is 0 Å². The van der Waals surface area contributed by atoms with E-state index in [-0.39, 0.29) is 5.91 Å². The van der Waals surface area contributed by atoms with Crippen molar-refractivity contribution < 1.29 is 4.79 Å². The Labute approximate surface area is 123 Å². The molecule has 1 aromatic carbocycles. The first-order valence-electron chi connectivity index (χ1n) is 7.70. The molecular formula is C18H27NO. The minimum absolute atomic E-state index is 0.289. The van der Waals surface area contributed by atoms with E-state index in [0.717, 1.165) is 38.8 Å². The lowest BCUT2D eigenvalue weighted by Crippen LogP contribution is -2.30. The number of benzene rings is 1. The van der Waals surface area contributed by atoms with E-state index in [2.05, 4.69) is 18.7 Å². The second-order valence-electron chi connectivity index (χ2n) is 5.10. The number of hydrogen-bond donors (Lipinski definition) is 0. The van der Waals surface area contributed by atoms with Gasteiger partial charge in [0.2, 0.25) is 5.91 Å². The summed E-state index contributed by atoms with van der Waals surface area (Å²) < 4.78 is 0. The Morgan fingerprint density at radius 2 is 1.60 bits per heavy atom. The Balaban J connectivity index is 2.16. The third kappa shape index (κ3) is 5.60. The van der Waals surface area contributed by atoms with Gasteiger partial charge in [0, 0.05) is 19.5 Å². The van der Waals surface area contributed by atoms with Gasteiger partial charge in [0.15, 0.2) is 0 Å². The van der Waals surface area contributed by atoms with E-state index in [1.165, 1.54) is 11.1 Å². The zero-order valence-corrected chi connectivity index (χ0v) is 12.9. The molecule has 20 heavy (non-hydrogen) atoms. The Morgan fingerprint density at radius 1 is 1.00 bits per heavy atom. The van der Waals surface area contributed by atoms with Crippen LogP contribution in [0.4, 0.5) is 0 Å². The van der Waals surface area contributed by atoms with E-state index in [9.17, 15) is 4.79 Å². The maximum atomic E-state index is 11.8. The van der Waals surface area contributed by atoms with Gasteiger partial charge < -0.3 is 4.90 Å². The Bertz CT molecular complexity index is 407. The summed E-state index contributed by atoms with van der Waals surface area (Å²) >= 11 is 0. The molecule has 0 N–H and O–H groups in total. The molecule has 0 aliphatic carbocycles. The standard InChI is InChI=1S/C18H27NO/c1-4-19(5-2)18(20)15-11-6-8-12-16(3)17-13-9-7-10-14-17/h7,9-10,13-14H,3-6,8,11-12,15H2,1-2H3. The predicted molar refractivity (Wildman–Crippen MR) is 86.5 cm³/mol. The third-order valence-corrected chi connectivity index (χ3v) is 3.67. The smallest absolute Gasteiger partial charge is 0.222 e. The van der Waals surface area contributed by atoms with Crippen LogP contribution >= 0.6 is 0 Å². The van der Waals surface area contributed by atoms with Crippen molar-refractivity contribution in [1.82, 2.24) is 4.90 Å². The minimum Gasteiger partial charge on any atom is -0.343 e. The van der Waals surface area contributed by atoms with E-state index in [0.29, 0.717) is 6.42 Å². The van der Waals surface area contributed by atoms with E-state index < -0.39 is 0 Å². The van der Waals surface area contributed by atoms with Crippen LogP contribution in [0.2, 0.25) is 0 Å². The summed E-state index contributed by atoms with van der Waals surface area (Å²) in [7, 11) is 0. The average Bonchev–Trinajstić information content (AvgIpc) is 2.49. The van der Waals surface area contributed by atoms with Crippen LogP contribution in [0.3, 0.4) is 0 Å². The molecule has 110 valence electrons. The average molecular weight is 273 g/mol. The highest BCUT2D eigenvalue weighted by atomic mass is 16.2. The van der Waals surface area contributed by atoms with Gasteiger partial charge in [0.05, 0.1) is 0 Å². The summed E-state index contributed by atoms with van der Waals surface area (Å²) in [4.78, 5) is 13.7. The van der Waals surface area contributed by atoms with Crippen molar-refractivity contribution in [3.63, 3.8) is 0 Å². The van der Waals surface area contributed by atoms with Crippen molar-refractivity contribution in [1.29, 1.82) is 0 Å². The first kappa shape index (κ1) is 16.5. The minimum atomic E-state index is 0.289. The van der Waals surface area contributed by atoms with Crippen molar-refractivity contribution in [2.45, 2.75) is 46.0 Å². The second-order valence-corrected chi connectivity index (χ2v) is 5.10. The molecule has 1 amide bonds. The van der Waals surface area contributed by atoms with Gasteiger partial charge >= 0.3 is 0 Å². The third-order valence-electron chi connectivity index (χ3n) is 3.67. The van der Waals surface area contributed by atoms with Gasteiger partial charge in [-0.3, -0.25) is 4.79 Å². The largest absolute Gasteiger partial charge is 0.343 e. The van der Waals surface area contributed by atoms with E-state index in [1.54, 1.807) is 0 Å². The number of carbonyl (C=O) groups excluding carboxylic acids is 1. The van der Waals surface area contributed by atoms with Crippen LogP contribution in [0.1, 0.15) is 51.5 Å². The summed E-state index contributed by atoms with van der Waals surface area (Å²) in [6, 6.07) is 10.3. The molecule has 0 bridgehead atoms. The van der Waals surface area contributed by atoms with Crippen molar-refractivity contribution >= 4 is 11.5 Å². The summed E-state index contributed by atoms with van der Waals surface area (Å²) in [5.41, 5.74) is 2.42. The van der Waals surface area contributed by atoms with Crippen LogP contribution in [0, 0.1) is 0 Å². The van der Waals surface area contributed by atoms with Gasteiger partial charge in [-0.2, -0.15) is 0 Å². The maximum absolute atomic E-state index is 11.8. The molecule has 0 saturated carbocycles. The molecule has 0 saturated heterocycles. The van der Waals surface area contributed by atoms with Crippen LogP contribution in [-0.2, 0) is 4.79 Å². The normalized spacial score (nSPS) is 10.3. The Kier molecular flexibility index (Phi) is 7.71. The summed E-state index contributed by atoms with van der Waals surface area (Å²) in [5.74, 6) is 0.289. The molecule has 0 atom stereocenters. The van der Waals surface area contributed by atoms with E-state index in [1.807, 2.05) is 36.9 Å². The van der Waals surface area contributed by atoms with Crippen LogP contribution in [0.15, 0.2) is 36.9 Å². The highest BCUT2D eigenvalue weighted by Crippen LogP contribution is 2.19. The first-order valence-corrected chi connectivity index (χ1v) is 7.70. The number of amides is 1. The summed E-state index contributed by atoms with van der Waals surface area (Å²) in [6.07, 6.45) is 4.89. The second kappa shape index (κ2) is 9.35. The van der Waals surface area contributed by atoms with Crippen molar-refractivity contribution in [3.05, 3.63) is 42.5 Å². The fourth-order valence-electron chi connectivity index (χ4n) is 2.34. The molecule has 0 aromatic heterocycles. The zero-order valence-electron chi connectivity index (χ0n) is 12.9. The lowest BCUT2D eigenvalue weighted by molar-refractivity contribution is -0.130. The first-order chi connectivity index (χ1) is 9.69. The number of allylic oxidation sites excluding steroid dienone is 1. The van der Waals surface area contributed by atoms with Crippen molar-refractivity contribution in [3.8, 4) is 0 Å². The number of hydrogen-bond acceptors (Lipinski definition) is 1. The van der Waals surface area contributed by atoms with Gasteiger partial charge in [0.1, 0.15) is 0 Å². The van der Waals surface area contributed by atoms with Gasteiger partial charge in [-0.05, 0) is 44.2 Å². The zero-order chi connectivity index (χ0) is 14.8. The fourth-order valence-corrected chi connectivity index (χ4v) is 2.34. The fraction of sp³-hybridized carbons (Fsp3) is 0.500. The monoisotopic (exact) mass is 273 g/mol. The van der Waals surface area contributed by atoms with Crippen LogP contribution in [0.25, 0.3) is 5.57 Å². The summed E-state index contributed by atoms with van der Waals surface area (Å²) in [6.45, 7) is 9.84. The highest BCUT2D eigenvalue weighted by molar-refractivity contribution is 5.76. The topological polar surface area (TPSA) is 20.3 Å².